The van der Waals surface area contributed by atoms with E-state index < -0.39 is 115 Å². The van der Waals surface area contributed by atoms with Gasteiger partial charge in [-0.25, -0.2) is 9.78 Å². The van der Waals surface area contributed by atoms with Crippen LogP contribution in [0.5, 0.6) is 0 Å². The lowest BCUT2D eigenvalue weighted by atomic mass is 10.0. The molecule has 8 unspecified atom stereocenters. The first-order valence-electron chi connectivity index (χ1n) is 21.3. The number of amides is 7. The summed E-state index contributed by atoms with van der Waals surface area (Å²) in [6.45, 7) is 4.15. The van der Waals surface area contributed by atoms with Crippen molar-refractivity contribution in [2.45, 2.75) is 127 Å². The van der Waals surface area contributed by atoms with E-state index in [1.165, 1.54) is 31.2 Å². The Balaban J connectivity index is 3.15. The number of thioether (sulfide) groups is 1. The molecule has 0 aliphatic carbocycles. The first-order chi connectivity index (χ1) is 31.1. The highest BCUT2D eigenvalue weighted by atomic mass is 32.2. The number of nitrogens with two attached hydrogens (primary N) is 4. The van der Waals surface area contributed by atoms with E-state index in [-0.39, 0.29) is 57.1 Å². The number of aliphatic hydroxyl groups excluding tert-OH is 1. The second kappa shape index (κ2) is 31.0. The molecule has 8 atom stereocenters. The Hall–Kier alpha value is -6.06. The number of hydrogen-bond acceptors (Lipinski definition) is 15. The normalized spacial score (nSPS) is 14.7. The number of carbonyl (C=O) groups excluding carboxylic acids is 7. The monoisotopic (exact) mass is 956 g/mol. The lowest BCUT2D eigenvalue weighted by molar-refractivity contribution is -0.142. The number of aromatic amines is 1. The number of nitrogens with zero attached hydrogens (tertiary/aromatic N) is 2. The molecule has 27 heteroatoms. The number of rotatable bonds is 33. The molecule has 0 radical (unpaired) electrons. The van der Waals surface area contributed by atoms with E-state index in [0.29, 0.717) is 30.7 Å². The van der Waals surface area contributed by atoms with Crippen LogP contribution >= 0.6 is 11.8 Å². The number of carboxylic acids is 2. The zero-order valence-corrected chi connectivity index (χ0v) is 38.5. The highest BCUT2D eigenvalue weighted by Gasteiger charge is 2.34. The van der Waals surface area contributed by atoms with Crippen LogP contribution in [-0.2, 0) is 49.6 Å². The van der Waals surface area contributed by atoms with Crippen LogP contribution in [0, 0.1) is 5.92 Å². The van der Waals surface area contributed by atoms with Gasteiger partial charge in [0.15, 0.2) is 5.96 Å². The van der Waals surface area contributed by atoms with Crippen LogP contribution in [0.4, 0.5) is 0 Å². The summed E-state index contributed by atoms with van der Waals surface area (Å²) in [4.78, 5) is 128. The first-order valence-corrected chi connectivity index (χ1v) is 22.7. The molecule has 0 bridgehead atoms. The predicted molar refractivity (Wildman–Crippen MR) is 242 cm³/mol. The van der Waals surface area contributed by atoms with Crippen molar-refractivity contribution in [3.05, 3.63) is 18.2 Å². The van der Waals surface area contributed by atoms with Crippen LogP contribution in [-0.4, -0.2) is 165 Å². The number of imidazole rings is 1. The van der Waals surface area contributed by atoms with E-state index in [9.17, 15) is 58.5 Å². The maximum Gasteiger partial charge on any atom is 0.326 e. The van der Waals surface area contributed by atoms with Crippen LogP contribution in [0.25, 0.3) is 0 Å². The molecule has 19 N–H and O–H groups in total. The third-order valence-corrected chi connectivity index (χ3v) is 10.3. The number of aliphatic imine (C=N–C) groups is 1. The highest BCUT2D eigenvalue weighted by molar-refractivity contribution is 7.98. The minimum Gasteiger partial charge on any atom is -0.481 e. The largest absolute Gasteiger partial charge is 0.481 e. The molecule has 1 aromatic heterocycles. The average molecular weight is 957 g/mol. The molecule has 0 fully saturated rings. The molecule has 0 saturated carbocycles. The van der Waals surface area contributed by atoms with Crippen LogP contribution < -0.4 is 60.2 Å². The molecular weight excluding hydrogens is 889 g/mol. The summed E-state index contributed by atoms with van der Waals surface area (Å²) in [5, 5.41) is 46.2. The molecular formula is C39H68N14O12S. The first kappa shape index (κ1) is 58.0. The van der Waals surface area contributed by atoms with Crippen LogP contribution in [0.3, 0.4) is 0 Å². The highest BCUT2D eigenvalue weighted by Crippen LogP contribution is 2.10. The number of aliphatic carboxylic acids is 2. The minimum absolute atomic E-state index is 0.0108. The second-order valence-corrected chi connectivity index (χ2v) is 16.7. The number of carboxylic acid groups (broad SMARTS) is 2. The van der Waals surface area contributed by atoms with Gasteiger partial charge in [0.2, 0.25) is 41.4 Å². The van der Waals surface area contributed by atoms with Crippen molar-refractivity contribution < 1.29 is 58.5 Å². The summed E-state index contributed by atoms with van der Waals surface area (Å²) in [6.07, 6.45) is 4.87. The van der Waals surface area contributed by atoms with Crippen molar-refractivity contribution in [2.24, 2.45) is 33.8 Å². The molecule has 0 saturated heterocycles. The Morgan fingerprint density at radius 1 is 0.712 bits per heavy atom. The molecule has 0 spiro atoms. The van der Waals surface area contributed by atoms with Gasteiger partial charge in [0.1, 0.15) is 42.3 Å². The number of nitrogens with one attached hydrogen (secondary N) is 8. The molecule has 1 aromatic rings. The number of aliphatic hydroxyl groups is 1. The van der Waals surface area contributed by atoms with Gasteiger partial charge in [0.25, 0.3) is 0 Å². The molecule has 26 nitrogen and oxygen atoms in total. The summed E-state index contributed by atoms with van der Waals surface area (Å²) in [7, 11) is 0. The van der Waals surface area contributed by atoms with Gasteiger partial charge in [0.05, 0.1) is 25.4 Å². The van der Waals surface area contributed by atoms with E-state index in [1.54, 1.807) is 20.1 Å². The van der Waals surface area contributed by atoms with E-state index in [2.05, 4.69) is 52.2 Å². The summed E-state index contributed by atoms with van der Waals surface area (Å²) in [5.41, 5.74) is 22.7. The van der Waals surface area contributed by atoms with Gasteiger partial charge in [0, 0.05) is 24.9 Å². The lowest BCUT2D eigenvalue weighted by Gasteiger charge is -2.26. The molecule has 0 aromatic carbocycles. The van der Waals surface area contributed by atoms with E-state index in [1.807, 2.05) is 0 Å². The van der Waals surface area contributed by atoms with Gasteiger partial charge in [-0.15, -0.1) is 0 Å². The average Bonchev–Trinajstić information content (AvgIpc) is 3.76. The number of guanidine groups is 1. The van der Waals surface area contributed by atoms with Gasteiger partial charge >= 0.3 is 11.9 Å². The van der Waals surface area contributed by atoms with Crippen molar-refractivity contribution in [3.8, 4) is 0 Å². The SMILES string of the molecule is CSCCC(NC(=O)C(Cc1cnc[nH]1)NC(=O)C(CCCCN)NC(=O)C(CO)NC(=O)C(C)NC(=O)C(CC(=O)O)NC(=O)C(CC(C)C)NC(=O)C(N)CCCN=C(N)N)C(=O)O. The third kappa shape index (κ3) is 22.7. The van der Waals surface area contributed by atoms with E-state index in [0.717, 1.165) is 0 Å². The summed E-state index contributed by atoms with van der Waals surface area (Å²) in [5.74, 6) is -9.13. The minimum atomic E-state index is -1.75. The number of carbonyl (C=O) groups is 9. The number of unbranched alkanes of at least 4 members (excludes halogenated alkanes) is 1. The smallest absolute Gasteiger partial charge is 0.326 e. The van der Waals surface area contributed by atoms with Gasteiger partial charge in [-0.2, -0.15) is 11.8 Å². The Labute approximate surface area is 386 Å². The summed E-state index contributed by atoms with van der Waals surface area (Å²) < 4.78 is 0. The molecule has 372 valence electrons. The zero-order chi connectivity index (χ0) is 49.9. The van der Waals surface area contributed by atoms with Gasteiger partial charge in [-0.1, -0.05) is 13.8 Å². The number of aromatic nitrogens is 2. The maximum atomic E-state index is 13.7. The fourth-order valence-corrected chi connectivity index (χ4v) is 6.53. The predicted octanol–water partition coefficient (Wildman–Crippen LogP) is -4.77. The molecule has 1 heterocycles. The Kier molecular flexibility index (Phi) is 27.2. The van der Waals surface area contributed by atoms with Crippen molar-refractivity contribution >= 4 is 71.0 Å². The van der Waals surface area contributed by atoms with E-state index >= 15 is 0 Å². The Morgan fingerprint density at radius 3 is 1.83 bits per heavy atom. The second-order valence-electron chi connectivity index (χ2n) is 15.7. The van der Waals surface area contributed by atoms with Crippen molar-refractivity contribution in [1.29, 1.82) is 0 Å². The zero-order valence-electron chi connectivity index (χ0n) is 37.7. The van der Waals surface area contributed by atoms with Crippen LogP contribution in [0.15, 0.2) is 17.5 Å². The van der Waals surface area contributed by atoms with Crippen LogP contribution in [0.1, 0.15) is 77.8 Å². The lowest BCUT2D eigenvalue weighted by Crippen LogP contribution is -2.60. The standard InChI is InChI=1S/C39H68N14O12S/c1-20(2)14-26(50-32(58)23(41)8-7-12-45-39(42)43)35(61)52-28(16-30(55)56)34(60)47-21(3)31(57)53-29(18-54)37(63)48-24(9-5-6-11-40)33(59)51-27(15-22-17-44-19-46-22)36(62)49-25(38(64)65)10-13-66-4/h17,19-21,23-29,54H,5-16,18,40-41H2,1-4H3,(H,44,46)(H,47,60)(H,48,63)(H,49,62)(H,50,58)(H,51,59)(H,52,61)(H,53,57)(H,55,56)(H,64,65)(H4,42,43,45). The molecule has 0 aliphatic heterocycles. The quantitative estimate of drug-likeness (QED) is 0.0179. The molecule has 0 aliphatic rings. The maximum absolute atomic E-state index is 13.7. The fourth-order valence-electron chi connectivity index (χ4n) is 6.06. The number of H-pyrrole nitrogens is 1. The van der Waals surface area contributed by atoms with Crippen molar-refractivity contribution in [3.63, 3.8) is 0 Å². The van der Waals surface area contributed by atoms with Crippen LogP contribution in [0.2, 0.25) is 0 Å². The van der Waals surface area contributed by atoms with Gasteiger partial charge in [-0.05, 0) is 76.3 Å². The van der Waals surface area contributed by atoms with Crippen molar-refractivity contribution in [2.75, 3.05) is 31.7 Å². The summed E-state index contributed by atoms with van der Waals surface area (Å²) in [6, 6.07) is -11.2. The van der Waals surface area contributed by atoms with Gasteiger partial charge < -0.3 is 80.5 Å². The topological polar surface area (TPSA) is 444 Å². The molecule has 1 rings (SSSR count). The summed E-state index contributed by atoms with van der Waals surface area (Å²) >= 11 is 1.38. The van der Waals surface area contributed by atoms with Crippen molar-refractivity contribution in [1.82, 2.24) is 47.2 Å². The van der Waals surface area contributed by atoms with E-state index in [4.69, 9.17) is 22.9 Å². The molecule has 7 amide bonds. The Bertz CT molecular complexity index is 1780. The molecule has 66 heavy (non-hydrogen) atoms. The third-order valence-electron chi connectivity index (χ3n) is 9.64. The fraction of sp³-hybridized carbons (Fsp3) is 0.667. The van der Waals surface area contributed by atoms with Gasteiger partial charge in [-0.3, -0.25) is 43.3 Å². The number of hydrogen-bond donors (Lipinski definition) is 15. The Morgan fingerprint density at radius 2 is 1.27 bits per heavy atom.